The second kappa shape index (κ2) is 3.77. The topological polar surface area (TPSA) is 128 Å². The number of hydrogen-bond acceptors (Lipinski definition) is 6. The third kappa shape index (κ3) is 1.43. The van der Waals surface area contributed by atoms with Crippen molar-refractivity contribution in [1.29, 1.82) is 5.26 Å². The third-order valence-electron chi connectivity index (χ3n) is 3.88. The van der Waals surface area contributed by atoms with Gasteiger partial charge >= 0.3 is 5.69 Å². The Bertz CT molecular complexity index is 674. The Morgan fingerprint density at radius 3 is 2.84 bits per heavy atom. The zero-order chi connectivity index (χ0) is 13.8. The molecule has 8 heteroatoms. The first kappa shape index (κ1) is 12.1. The maximum absolute atomic E-state index is 11.6. The predicted octanol–water partition coefficient (Wildman–Crippen LogP) is -1.93. The summed E-state index contributed by atoms with van der Waals surface area (Å²) in [6, 6.07) is 3.04. The normalized spacial score (nSPS) is 39.6. The standard InChI is InChI=1S/C11H11N3O5/c12-3-2-11-6(16)8(11)19-9(7(11)17)14-4-1-5(15)13-10(14)18/h1,4,6-9,16-17H,2H2,(H,13,15,18)/t6?,7-,8+,9+,11+/m0/s1. The molecular weight excluding hydrogens is 254 g/mol. The molecule has 100 valence electrons. The van der Waals surface area contributed by atoms with Crippen LogP contribution in [0.25, 0.3) is 0 Å². The highest BCUT2D eigenvalue weighted by molar-refractivity contribution is 5.24. The number of ether oxygens (including phenoxy) is 1. The molecule has 5 atom stereocenters. The van der Waals surface area contributed by atoms with Crippen molar-refractivity contribution in [2.75, 3.05) is 0 Å². The highest BCUT2D eigenvalue weighted by Crippen LogP contribution is 2.62. The summed E-state index contributed by atoms with van der Waals surface area (Å²) in [6.45, 7) is 0. The van der Waals surface area contributed by atoms with Gasteiger partial charge in [0.2, 0.25) is 0 Å². The lowest BCUT2D eigenvalue weighted by atomic mass is 9.95. The van der Waals surface area contributed by atoms with Crippen LogP contribution in [0.5, 0.6) is 0 Å². The summed E-state index contributed by atoms with van der Waals surface area (Å²) in [7, 11) is 0. The number of nitrogens with one attached hydrogen (secondary N) is 1. The van der Waals surface area contributed by atoms with E-state index in [4.69, 9.17) is 10.00 Å². The molecule has 1 aromatic heterocycles. The van der Waals surface area contributed by atoms with Crippen LogP contribution in [0.1, 0.15) is 12.6 Å². The average molecular weight is 265 g/mol. The molecule has 3 N–H and O–H groups in total. The van der Waals surface area contributed by atoms with E-state index >= 15 is 0 Å². The molecule has 0 spiro atoms. The van der Waals surface area contributed by atoms with Crippen LogP contribution in [0.2, 0.25) is 0 Å². The van der Waals surface area contributed by atoms with Gasteiger partial charge in [-0.3, -0.25) is 14.3 Å². The lowest BCUT2D eigenvalue weighted by Gasteiger charge is -2.23. The number of aromatic nitrogens is 2. The summed E-state index contributed by atoms with van der Waals surface area (Å²) >= 11 is 0. The van der Waals surface area contributed by atoms with Crippen LogP contribution in [0, 0.1) is 16.7 Å². The van der Waals surface area contributed by atoms with E-state index in [0.29, 0.717) is 0 Å². The molecule has 1 aromatic rings. The molecule has 2 fully saturated rings. The van der Waals surface area contributed by atoms with Crippen molar-refractivity contribution < 1.29 is 14.9 Å². The summed E-state index contributed by atoms with van der Waals surface area (Å²) in [5, 5.41) is 28.7. The number of H-pyrrole nitrogens is 1. The molecule has 1 aliphatic heterocycles. The smallest absolute Gasteiger partial charge is 0.330 e. The first-order valence-corrected chi connectivity index (χ1v) is 5.72. The number of nitriles is 1. The van der Waals surface area contributed by atoms with Crippen molar-refractivity contribution in [3.63, 3.8) is 0 Å². The Morgan fingerprint density at radius 2 is 2.21 bits per heavy atom. The minimum Gasteiger partial charge on any atom is -0.390 e. The summed E-state index contributed by atoms with van der Waals surface area (Å²) in [5.74, 6) is 0. The molecule has 0 bridgehead atoms. The first-order valence-electron chi connectivity index (χ1n) is 5.72. The van der Waals surface area contributed by atoms with Crippen LogP contribution in [-0.4, -0.2) is 38.1 Å². The van der Waals surface area contributed by atoms with Crippen molar-refractivity contribution in [2.45, 2.75) is 31.0 Å². The van der Waals surface area contributed by atoms with Crippen molar-refractivity contribution >= 4 is 0 Å². The highest BCUT2D eigenvalue weighted by atomic mass is 16.6. The fourth-order valence-corrected chi connectivity index (χ4v) is 2.73. The van der Waals surface area contributed by atoms with Gasteiger partial charge in [-0.15, -0.1) is 0 Å². The lowest BCUT2D eigenvalue weighted by Crippen LogP contribution is -2.39. The Kier molecular flexibility index (Phi) is 2.40. The van der Waals surface area contributed by atoms with Gasteiger partial charge in [-0.2, -0.15) is 5.26 Å². The van der Waals surface area contributed by atoms with E-state index in [9.17, 15) is 19.8 Å². The number of aliphatic hydroxyl groups is 2. The fraction of sp³-hybridized carbons (Fsp3) is 0.545. The molecule has 1 saturated heterocycles. The van der Waals surface area contributed by atoms with Gasteiger partial charge in [-0.25, -0.2) is 4.79 Å². The van der Waals surface area contributed by atoms with Crippen LogP contribution in [-0.2, 0) is 4.74 Å². The zero-order valence-corrected chi connectivity index (χ0v) is 9.68. The molecule has 0 aromatic carbocycles. The lowest BCUT2D eigenvalue weighted by molar-refractivity contribution is -0.0802. The molecule has 19 heavy (non-hydrogen) atoms. The second-order valence-electron chi connectivity index (χ2n) is 4.80. The number of aromatic amines is 1. The molecule has 1 aliphatic carbocycles. The van der Waals surface area contributed by atoms with Crippen molar-refractivity contribution in [3.05, 3.63) is 33.1 Å². The van der Waals surface area contributed by atoms with Gasteiger partial charge in [0.15, 0.2) is 6.23 Å². The van der Waals surface area contributed by atoms with E-state index in [-0.39, 0.29) is 6.42 Å². The number of nitrogens with zero attached hydrogens (tertiary/aromatic N) is 2. The summed E-state index contributed by atoms with van der Waals surface area (Å²) in [5.41, 5.74) is -2.29. The number of rotatable bonds is 2. The Balaban J connectivity index is 1.96. The van der Waals surface area contributed by atoms with Crippen LogP contribution in [0.3, 0.4) is 0 Å². The van der Waals surface area contributed by atoms with Gasteiger partial charge in [-0.05, 0) is 0 Å². The highest BCUT2D eigenvalue weighted by Gasteiger charge is 2.76. The Labute approximate surface area is 106 Å². The van der Waals surface area contributed by atoms with Crippen molar-refractivity contribution in [2.24, 2.45) is 5.41 Å². The van der Waals surface area contributed by atoms with Crippen LogP contribution in [0.15, 0.2) is 21.9 Å². The largest absolute Gasteiger partial charge is 0.390 e. The van der Waals surface area contributed by atoms with E-state index in [0.717, 1.165) is 10.6 Å². The average Bonchev–Trinajstić information content (AvgIpc) is 2.78. The van der Waals surface area contributed by atoms with Gasteiger partial charge < -0.3 is 14.9 Å². The maximum atomic E-state index is 11.6. The molecule has 1 unspecified atom stereocenters. The predicted molar refractivity (Wildman–Crippen MR) is 59.9 cm³/mol. The van der Waals surface area contributed by atoms with Gasteiger partial charge in [0.05, 0.1) is 23.7 Å². The molecule has 0 amide bonds. The quantitative estimate of drug-likeness (QED) is 0.571. The number of aliphatic hydroxyl groups excluding tert-OH is 2. The molecule has 2 aliphatic rings. The number of hydrogen-bond donors (Lipinski definition) is 3. The monoisotopic (exact) mass is 265 g/mol. The Hall–Kier alpha value is -1.95. The van der Waals surface area contributed by atoms with E-state index in [2.05, 4.69) is 4.98 Å². The third-order valence-corrected chi connectivity index (χ3v) is 3.88. The molecule has 0 radical (unpaired) electrons. The van der Waals surface area contributed by atoms with Crippen LogP contribution < -0.4 is 11.2 Å². The van der Waals surface area contributed by atoms with Crippen molar-refractivity contribution in [3.8, 4) is 6.07 Å². The van der Waals surface area contributed by atoms with Gasteiger partial charge in [0, 0.05) is 18.7 Å². The Morgan fingerprint density at radius 1 is 1.47 bits per heavy atom. The van der Waals surface area contributed by atoms with Gasteiger partial charge in [0.25, 0.3) is 5.56 Å². The molecule has 3 rings (SSSR count). The zero-order valence-electron chi connectivity index (χ0n) is 9.68. The minimum atomic E-state index is -1.18. The fourth-order valence-electron chi connectivity index (χ4n) is 2.73. The molecular formula is C11H11N3O5. The van der Waals surface area contributed by atoms with Gasteiger partial charge in [0.1, 0.15) is 6.10 Å². The first-order chi connectivity index (χ1) is 9.02. The van der Waals surface area contributed by atoms with E-state index in [1.807, 2.05) is 6.07 Å². The van der Waals surface area contributed by atoms with Gasteiger partial charge in [-0.1, -0.05) is 0 Å². The number of fused-ring (bicyclic) bond motifs is 1. The van der Waals surface area contributed by atoms with E-state index in [1.54, 1.807) is 0 Å². The summed E-state index contributed by atoms with van der Waals surface area (Å²) in [6.07, 6.45) is -2.61. The molecule has 2 heterocycles. The summed E-state index contributed by atoms with van der Waals surface area (Å²) < 4.78 is 6.46. The van der Waals surface area contributed by atoms with Crippen LogP contribution >= 0.6 is 0 Å². The minimum absolute atomic E-state index is 0.0609. The van der Waals surface area contributed by atoms with Crippen LogP contribution in [0.4, 0.5) is 0 Å². The van der Waals surface area contributed by atoms with E-state index < -0.39 is 41.2 Å². The summed E-state index contributed by atoms with van der Waals surface area (Å²) in [4.78, 5) is 24.7. The van der Waals surface area contributed by atoms with E-state index in [1.165, 1.54) is 6.20 Å². The van der Waals surface area contributed by atoms with Crippen molar-refractivity contribution in [1.82, 2.24) is 9.55 Å². The SMILES string of the molecule is N#CC[C@]12C(O)[C@H]1O[C@@H](n1ccc(=O)[nH]c1=O)[C@@H]2O. The molecule has 1 saturated carbocycles. The molecule has 8 nitrogen and oxygen atoms in total. The maximum Gasteiger partial charge on any atom is 0.330 e. The second-order valence-corrected chi connectivity index (χ2v) is 4.80.